The summed E-state index contributed by atoms with van der Waals surface area (Å²) in [4.78, 5) is 16.0. The Bertz CT molecular complexity index is 592. The number of benzene rings is 1. The summed E-state index contributed by atoms with van der Waals surface area (Å²) in [7, 11) is 0. The van der Waals surface area contributed by atoms with Gasteiger partial charge in [0.05, 0.1) is 16.8 Å². The summed E-state index contributed by atoms with van der Waals surface area (Å²) in [5, 5.41) is 3.42. The van der Waals surface area contributed by atoms with Gasteiger partial charge in [0, 0.05) is 6.42 Å². The fourth-order valence-electron chi connectivity index (χ4n) is 1.63. The molecule has 0 aliphatic rings. The Hall–Kier alpha value is -1.88. The molecule has 1 N–H and O–H groups in total. The Kier molecular flexibility index (Phi) is 4.52. The third-order valence-corrected chi connectivity index (χ3v) is 3.43. The predicted molar refractivity (Wildman–Crippen MR) is 78.8 cm³/mol. The van der Waals surface area contributed by atoms with Crippen LogP contribution in [0.5, 0.6) is 5.75 Å². The van der Waals surface area contributed by atoms with Crippen LogP contribution in [0.4, 0.5) is 5.13 Å². The van der Waals surface area contributed by atoms with Gasteiger partial charge in [-0.15, -0.1) is 6.58 Å². The summed E-state index contributed by atoms with van der Waals surface area (Å²) in [6.07, 6.45) is 2.83. The van der Waals surface area contributed by atoms with Gasteiger partial charge in [0.25, 0.3) is 0 Å². The van der Waals surface area contributed by atoms with E-state index in [1.165, 1.54) is 11.3 Å². The Balaban J connectivity index is 2.12. The predicted octanol–water partition coefficient (Wildman–Crippen LogP) is 3.60. The number of aromatic nitrogens is 1. The molecule has 19 heavy (non-hydrogen) atoms. The average molecular weight is 276 g/mol. The first-order valence-electron chi connectivity index (χ1n) is 6.17. The minimum atomic E-state index is -0.0380. The second kappa shape index (κ2) is 6.33. The highest BCUT2D eigenvalue weighted by Gasteiger charge is 2.08. The van der Waals surface area contributed by atoms with E-state index in [1.807, 2.05) is 25.1 Å². The van der Waals surface area contributed by atoms with Gasteiger partial charge in [-0.1, -0.05) is 17.4 Å². The van der Waals surface area contributed by atoms with Crippen molar-refractivity contribution in [2.24, 2.45) is 0 Å². The Labute approximate surface area is 116 Å². The summed E-state index contributed by atoms with van der Waals surface area (Å²) in [5.74, 6) is 0.784. The van der Waals surface area contributed by atoms with Gasteiger partial charge in [0.1, 0.15) is 5.75 Å². The molecule has 0 saturated heterocycles. The van der Waals surface area contributed by atoms with Crippen LogP contribution in [0.1, 0.15) is 19.8 Å². The van der Waals surface area contributed by atoms with Crippen molar-refractivity contribution in [1.82, 2.24) is 4.98 Å². The maximum atomic E-state index is 11.6. The van der Waals surface area contributed by atoms with E-state index in [1.54, 1.807) is 6.08 Å². The van der Waals surface area contributed by atoms with Crippen molar-refractivity contribution < 1.29 is 9.53 Å². The topological polar surface area (TPSA) is 51.2 Å². The summed E-state index contributed by atoms with van der Waals surface area (Å²) in [5.41, 5.74) is 0.868. The number of carbonyl (C=O) groups excluding carboxylic acids is 1. The SMILES string of the molecule is C=CCCC(=O)Nc1nc2ccc(OCC)cc2s1. The number of rotatable bonds is 6. The number of hydrogen-bond donors (Lipinski definition) is 1. The van der Waals surface area contributed by atoms with Gasteiger partial charge in [-0.3, -0.25) is 4.79 Å². The molecule has 0 atom stereocenters. The van der Waals surface area contributed by atoms with E-state index in [2.05, 4.69) is 16.9 Å². The zero-order valence-corrected chi connectivity index (χ0v) is 11.6. The van der Waals surface area contributed by atoms with E-state index in [4.69, 9.17) is 4.74 Å². The molecular weight excluding hydrogens is 260 g/mol. The van der Waals surface area contributed by atoms with Gasteiger partial charge in [0.15, 0.2) is 5.13 Å². The van der Waals surface area contributed by atoms with Crippen molar-refractivity contribution in [2.75, 3.05) is 11.9 Å². The minimum Gasteiger partial charge on any atom is -0.494 e. The molecule has 2 rings (SSSR count). The maximum absolute atomic E-state index is 11.6. The first-order chi connectivity index (χ1) is 9.22. The molecule has 0 bridgehead atoms. The van der Waals surface area contributed by atoms with Gasteiger partial charge in [-0.05, 0) is 31.5 Å². The minimum absolute atomic E-state index is 0.0380. The summed E-state index contributed by atoms with van der Waals surface area (Å²) in [6, 6.07) is 5.72. The lowest BCUT2D eigenvalue weighted by atomic mass is 10.3. The Morgan fingerprint density at radius 3 is 3.16 bits per heavy atom. The summed E-state index contributed by atoms with van der Waals surface area (Å²) in [6.45, 7) is 6.18. The standard InChI is InChI=1S/C14H16N2O2S/c1-3-5-6-13(17)16-14-15-11-8-7-10(18-4-2)9-12(11)19-14/h3,7-9H,1,4-6H2,2H3,(H,15,16,17). The van der Waals surface area contributed by atoms with E-state index < -0.39 is 0 Å². The molecule has 100 valence electrons. The van der Waals surface area contributed by atoms with Crippen LogP contribution in [0, 0.1) is 0 Å². The second-order valence-electron chi connectivity index (χ2n) is 3.96. The number of allylic oxidation sites excluding steroid dienone is 1. The fraction of sp³-hybridized carbons (Fsp3) is 0.286. The molecule has 0 saturated carbocycles. The van der Waals surface area contributed by atoms with Crippen LogP contribution >= 0.6 is 11.3 Å². The molecule has 0 radical (unpaired) electrons. The van der Waals surface area contributed by atoms with Crippen molar-refractivity contribution in [2.45, 2.75) is 19.8 Å². The van der Waals surface area contributed by atoms with Crippen LogP contribution < -0.4 is 10.1 Å². The lowest BCUT2D eigenvalue weighted by Gasteiger charge is -2.00. The molecule has 0 fully saturated rings. The highest BCUT2D eigenvalue weighted by Crippen LogP contribution is 2.29. The zero-order valence-electron chi connectivity index (χ0n) is 10.8. The van der Waals surface area contributed by atoms with Gasteiger partial charge < -0.3 is 10.1 Å². The molecule has 0 aliphatic carbocycles. The number of amides is 1. The summed E-state index contributed by atoms with van der Waals surface area (Å²) < 4.78 is 6.44. The number of ether oxygens (including phenoxy) is 1. The van der Waals surface area contributed by atoms with Crippen molar-refractivity contribution in [3.05, 3.63) is 30.9 Å². The molecule has 1 aromatic carbocycles. The van der Waals surface area contributed by atoms with E-state index >= 15 is 0 Å². The number of thiazole rings is 1. The van der Waals surface area contributed by atoms with E-state index in [-0.39, 0.29) is 5.91 Å². The first-order valence-corrected chi connectivity index (χ1v) is 6.98. The zero-order chi connectivity index (χ0) is 13.7. The molecule has 1 amide bonds. The van der Waals surface area contributed by atoms with E-state index in [9.17, 15) is 4.79 Å². The van der Waals surface area contributed by atoms with Gasteiger partial charge in [0.2, 0.25) is 5.91 Å². The van der Waals surface area contributed by atoms with Crippen molar-refractivity contribution >= 4 is 32.6 Å². The quantitative estimate of drug-likeness (QED) is 0.820. The molecule has 1 heterocycles. The van der Waals surface area contributed by atoms with E-state index in [0.717, 1.165) is 16.0 Å². The highest BCUT2D eigenvalue weighted by atomic mass is 32.1. The highest BCUT2D eigenvalue weighted by molar-refractivity contribution is 7.22. The van der Waals surface area contributed by atoms with Crippen molar-refractivity contribution in [3.8, 4) is 5.75 Å². The first kappa shape index (κ1) is 13.5. The Morgan fingerprint density at radius 2 is 2.42 bits per heavy atom. The molecule has 1 aromatic heterocycles. The summed E-state index contributed by atoms with van der Waals surface area (Å²) >= 11 is 1.45. The number of carbonyl (C=O) groups is 1. The number of fused-ring (bicyclic) bond motifs is 1. The van der Waals surface area contributed by atoms with Crippen LogP contribution in [0.25, 0.3) is 10.2 Å². The Morgan fingerprint density at radius 1 is 1.58 bits per heavy atom. The molecule has 0 spiro atoms. The third-order valence-electron chi connectivity index (χ3n) is 2.49. The van der Waals surface area contributed by atoms with E-state index in [0.29, 0.717) is 24.6 Å². The van der Waals surface area contributed by atoms with Crippen molar-refractivity contribution in [1.29, 1.82) is 0 Å². The van der Waals surface area contributed by atoms with Crippen LogP contribution in [-0.2, 0) is 4.79 Å². The normalized spacial score (nSPS) is 10.4. The molecule has 0 unspecified atom stereocenters. The number of hydrogen-bond acceptors (Lipinski definition) is 4. The number of nitrogens with zero attached hydrogens (tertiary/aromatic N) is 1. The smallest absolute Gasteiger partial charge is 0.226 e. The van der Waals surface area contributed by atoms with Crippen LogP contribution in [0.3, 0.4) is 0 Å². The van der Waals surface area contributed by atoms with Gasteiger partial charge >= 0.3 is 0 Å². The maximum Gasteiger partial charge on any atom is 0.226 e. The van der Waals surface area contributed by atoms with Crippen LogP contribution in [0.15, 0.2) is 30.9 Å². The number of nitrogens with one attached hydrogen (secondary N) is 1. The van der Waals surface area contributed by atoms with Gasteiger partial charge in [-0.25, -0.2) is 4.98 Å². The average Bonchev–Trinajstić information content (AvgIpc) is 2.78. The van der Waals surface area contributed by atoms with Crippen LogP contribution in [-0.4, -0.2) is 17.5 Å². The number of anilines is 1. The van der Waals surface area contributed by atoms with Crippen molar-refractivity contribution in [3.63, 3.8) is 0 Å². The molecular formula is C14H16N2O2S. The van der Waals surface area contributed by atoms with Gasteiger partial charge in [-0.2, -0.15) is 0 Å². The third kappa shape index (κ3) is 3.54. The van der Waals surface area contributed by atoms with Crippen LogP contribution in [0.2, 0.25) is 0 Å². The molecule has 0 aliphatic heterocycles. The lowest BCUT2D eigenvalue weighted by Crippen LogP contribution is -2.10. The molecule has 2 aromatic rings. The largest absolute Gasteiger partial charge is 0.494 e. The molecule has 5 heteroatoms. The lowest BCUT2D eigenvalue weighted by molar-refractivity contribution is -0.116. The molecule has 4 nitrogen and oxygen atoms in total. The second-order valence-corrected chi connectivity index (χ2v) is 4.99. The fourth-order valence-corrected chi connectivity index (χ4v) is 2.54. The monoisotopic (exact) mass is 276 g/mol.